The molecule has 0 aliphatic carbocycles. The van der Waals surface area contributed by atoms with E-state index in [2.05, 4.69) is 15.3 Å². The molecule has 0 atom stereocenters. The van der Waals surface area contributed by atoms with Crippen LogP contribution in [0.2, 0.25) is 0 Å². The van der Waals surface area contributed by atoms with E-state index in [0.717, 1.165) is 6.29 Å². The smallest absolute Gasteiger partial charge is 0.251 e. The molecule has 0 heterocycles. The van der Waals surface area contributed by atoms with Crippen molar-refractivity contribution >= 4 is 12.2 Å². The highest BCUT2D eigenvalue weighted by atomic mass is 16.5. The van der Waals surface area contributed by atoms with E-state index < -0.39 is 0 Å². The molecule has 0 aromatic heterocycles. The lowest BCUT2D eigenvalue weighted by atomic mass is 10.1. The normalized spacial score (nSPS) is 10.1. The number of hydrogen-bond acceptors (Lipinski definition) is 6. The Morgan fingerprint density at radius 3 is 2.24 bits per heavy atom. The van der Waals surface area contributed by atoms with Crippen molar-refractivity contribution in [2.24, 2.45) is 5.11 Å². The summed E-state index contributed by atoms with van der Waals surface area (Å²) in [6.45, 7) is 3.17. The lowest BCUT2D eigenvalue weighted by molar-refractivity contribution is 0.0166. The lowest BCUT2D eigenvalue weighted by Crippen LogP contribution is -2.27. The molecular formula is C16H22N4O5. The zero-order valence-electron chi connectivity index (χ0n) is 13.9. The van der Waals surface area contributed by atoms with Gasteiger partial charge in [-0.2, -0.15) is 0 Å². The molecule has 9 heteroatoms. The Kier molecular flexibility index (Phi) is 11.5. The third-order valence-corrected chi connectivity index (χ3v) is 2.98. The number of carbonyl (C=O) groups is 2. The second kappa shape index (κ2) is 13.9. The fraction of sp³-hybridized carbons (Fsp3) is 0.500. The molecule has 0 aliphatic heterocycles. The number of azide groups is 1. The maximum atomic E-state index is 11.8. The molecule has 1 aromatic carbocycles. The van der Waals surface area contributed by atoms with Gasteiger partial charge in [0.15, 0.2) is 0 Å². The fourth-order valence-electron chi connectivity index (χ4n) is 1.74. The minimum Gasteiger partial charge on any atom is -0.379 e. The third kappa shape index (κ3) is 10.1. The molecule has 1 aromatic rings. The number of hydrogen-bond donors (Lipinski definition) is 1. The molecule has 9 nitrogen and oxygen atoms in total. The molecule has 0 radical (unpaired) electrons. The predicted octanol–water partition coefficient (Wildman–Crippen LogP) is 1.59. The Hall–Kier alpha value is -2.45. The Labute approximate surface area is 145 Å². The van der Waals surface area contributed by atoms with Gasteiger partial charge in [0.1, 0.15) is 6.29 Å². The van der Waals surface area contributed by atoms with Crippen molar-refractivity contribution in [1.82, 2.24) is 5.32 Å². The zero-order chi connectivity index (χ0) is 18.2. The van der Waals surface area contributed by atoms with Crippen LogP contribution in [0.25, 0.3) is 10.4 Å². The zero-order valence-corrected chi connectivity index (χ0v) is 13.9. The van der Waals surface area contributed by atoms with E-state index in [9.17, 15) is 9.59 Å². The summed E-state index contributed by atoms with van der Waals surface area (Å²) in [5, 5.41) is 6.06. The van der Waals surface area contributed by atoms with Crippen LogP contribution in [0.15, 0.2) is 29.4 Å². The van der Waals surface area contributed by atoms with Crippen molar-refractivity contribution in [2.75, 3.05) is 52.7 Å². The van der Waals surface area contributed by atoms with Crippen LogP contribution in [0.1, 0.15) is 20.7 Å². The molecule has 1 amide bonds. The molecule has 0 bridgehead atoms. The van der Waals surface area contributed by atoms with E-state index in [1.54, 1.807) is 24.3 Å². The number of nitrogens with one attached hydrogen (secondary N) is 1. The van der Waals surface area contributed by atoms with Gasteiger partial charge in [-0.1, -0.05) is 17.2 Å². The Morgan fingerprint density at radius 2 is 1.64 bits per heavy atom. The van der Waals surface area contributed by atoms with Crippen LogP contribution in [-0.2, 0) is 14.2 Å². The first kappa shape index (κ1) is 20.6. The van der Waals surface area contributed by atoms with Crippen molar-refractivity contribution in [3.05, 3.63) is 45.8 Å². The van der Waals surface area contributed by atoms with Gasteiger partial charge in [-0.3, -0.25) is 9.59 Å². The summed E-state index contributed by atoms with van der Waals surface area (Å²) in [4.78, 5) is 25.0. The van der Waals surface area contributed by atoms with Gasteiger partial charge in [-0.05, 0) is 17.7 Å². The highest BCUT2D eigenvalue weighted by Crippen LogP contribution is 2.02. The summed E-state index contributed by atoms with van der Waals surface area (Å²) in [6, 6.07) is 6.39. The number of benzene rings is 1. The summed E-state index contributed by atoms with van der Waals surface area (Å²) in [5.41, 5.74) is 9.09. The topological polar surface area (TPSA) is 123 Å². The molecule has 1 N–H and O–H groups in total. The SMILES string of the molecule is [N-]=[N+]=NCCOCCOCCOCCNC(=O)c1ccc(C=O)cc1. The molecule has 25 heavy (non-hydrogen) atoms. The molecule has 0 saturated heterocycles. The maximum absolute atomic E-state index is 11.8. The molecule has 0 spiro atoms. The number of aldehydes is 1. The van der Waals surface area contributed by atoms with Crippen molar-refractivity contribution < 1.29 is 23.8 Å². The van der Waals surface area contributed by atoms with Crippen LogP contribution in [0.3, 0.4) is 0 Å². The highest BCUT2D eigenvalue weighted by molar-refractivity contribution is 5.94. The standard InChI is InChI=1S/C16H22N4O5/c17-20-19-6-8-24-10-12-25-11-9-23-7-5-18-16(22)15-3-1-14(13-21)2-4-15/h1-4,13H,5-12H2,(H,18,22). The van der Waals surface area contributed by atoms with Gasteiger partial charge in [-0.15, -0.1) is 0 Å². The van der Waals surface area contributed by atoms with E-state index in [1.807, 2.05) is 0 Å². The second-order valence-electron chi connectivity index (χ2n) is 4.79. The third-order valence-electron chi connectivity index (χ3n) is 2.98. The largest absolute Gasteiger partial charge is 0.379 e. The van der Waals surface area contributed by atoms with Crippen molar-refractivity contribution in [2.45, 2.75) is 0 Å². The fourth-order valence-corrected chi connectivity index (χ4v) is 1.74. The molecule has 0 saturated carbocycles. The maximum Gasteiger partial charge on any atom is 0.251 e. The Morgan fingerprint density at radius 1 is 1.04 bits per heavy atom. The van der Waals surface area contributed by atoms with Crippen LogP contribution in [0, 0.1) is 0 Å². The molecule has 0 unspecified atom stereocenters. The average Bonchev–Trinajstić information content (AvgIpc) is 2.65. The number of nitrogens with zero attached hydrogens (tertiary/aromatic N) is 3. The van der Waals surface area contributed by atoms with E-state index >= 15 is 0 Å². The molecule has 136 valence electrons. The minimum absolute atomic E-state index is 0.213. The number of carbonyl (C=O) groups excluding carboxylic acids is 2. The number of amides is 1. The van der Waals surface area contributed by atoms with Gasteiger partial charge < -0.3 is 19.5 Å². The lowest BCUT2D eigenvalue weighted by Gasteiger charge is -2.07. The minimum atomic E-state index is -0.213. The van der Waals surface area contributed by atoms with Crippen LogP contribution in [0.5, 0.6) is 0 Å². The monoisotopic (exact) mass is 350 g/mol. The van der Waals surface area contributed by atoms with Crippen LogP contribution < -0.4 is 5.32 Å². The summed E-state index contributed by atoms with van der Waals surface area (Å²) >= 11 is 0. The van der Waals surface area contributed by atoms with Gasteiger partial charge in [0, 0.05) is 29.1 Å². The number of ether oxygens (including phenoxy) is 3. The Bertz CT molecular complexity index is 558. The van der Waals surface area contributed by atoms with Crippen molar-refractivity contribution in [3.8, 4) is 0 Å². The van der Waals surface area contributed by atoms with E-state index in [4.69, 9.17) is 19.7 Å². The second-order valence-corrected chi connectivity index (χ2v) is 4.79. The van der Waals surface area contributed by atoms with E-state index in [0.29, 0.717) is 63.9 Å². The van der Waals surface area contributed by atoms with E-state index in [-0.39, 0.29) is 5.91 Å². The first-order chi connectivity index (χ1) is 12.3. The van der Waals surface area contributed by atoms with Gasteiger partial charge in [-0.25, -0.2) is 0 Å². The summed E-state index contributed by atoms with van der Waals surface area (Å²) < 4.78 is 15.8. The average molecular weight is 350 g/mol. The summed E-state index contributed by atoms with van der Waals surface area (Å²) in [7, 11) is 0. The van der Waals surface area contributed by atoms with Crippen LogP contribution in [-0.4, -0.2) is 64.9 Å². The van der Waals surface area contributed by atoms with E-state index in [1.165, 1.54) is 0 Å². The molecular weight excluding hydrogens is 328 g/mol. The van der Waals surface area contributed by atoms with Gasteiger partial charge in [0.05, 0.1) is 39.6 Å². The first-order valence-electron chi connectivity index (χ1n) is 7.85. The highest BCUT2D eigenvalue weighted by Gasteiger charge is 2.04. The van der Waals surface area contributed by atoms with Crippen molar-refractivity contribution in [3.63, 3.8) is 0 Å². The number of rotatable bonds is 14. The van der Waals surface area contributed by atoms with Gasteiger partial charge >= 0.3 is 0 Å². The van der Waals surface area contributed by atoms with Crippen molar-refractivity contribution in [1.29, 1.82) is 0 Å². The summed E-state index contributed by atoms with van der Waals surface area (Å²) in [6.07, 6.45) is 0.729. The van der Waals surface area contributed by atoms with Crippen LogP contribution >= 0.6 is 0 Å². The van der Waals surface area contributed by atoms with Gasteiger partial charge in [0.2, 0.25) is 0 Å². The quantitative estimate of drug-likeness (QED) is 0.179. The predicted molar refractivity (Wildman–Crippen MR) is 90.6 cm³/mol. The first-order valence-corrected chi connectivity index (χ1v) is 7.85. The molecule has 0 fully saturated rings. The molecule has 1 rings (SSSR count). The van der Waals surface area contributed by atoms with Gasteiger partial charge in [0.25, 0.3) is 5.91 Å². The summed E-state index contributed by atoms with van der Waals surface area (Å²) in [5.74, 6) is -0.213. The molecule has 0 aliphatic rings. The Balaban J connectivity index is 1.93. The van der Waals surface area contributed by atoms with Crippen LogP contribution in [0.4, 0.5) is 0 Å².